The van der Waals surface area contributed by atoms with Crippen LogP contribution in [-0.2, 0) is 0 Å². The van der Waals surface area contributed by atoms with Crippen molar-refractivity contribution in [1.29, 1.82) is 0 Å². The van der Waals surface area contributed by atoms with Crippen LogP contribution in [0.1, 0.15) is 51.6 Å². The van der Waals surface area contributed by atoms with E-state index < -0.39 is 0 Å². The van der Waals surface area contributed by atoms with Crippen molar-refractivity contribution < 1.29 is 4.74 Å². The molecule has 20 heavy (non-hydrogen) atoms. The number of hydrogen-bond donors (Lipinski definition) is 1. The van der Waals surface area contributed by atoms with Gasteiger partial charge in [-0.3, -0.25) is 0 Å². The van der Waals surface area contributed by atoms with E-state index in [-0.39, 0.29) is 0 Å². The number of ether oxygens (including phenoxy) is 1. The summed E-state index contributed by atoms with van der Waals surface area (Å²) in [5.41, 5.74) is 2.53. The molecule has 0 radical (unpaired) electrons. The highest BCUT2D eigenvalue weighted by Gasteiger charge is 2.17. The van der Waals surface area contributed by atoms with Crippen molar-refractivity contribution >= 4 is 5.69 Å². The van der Waals surface area contributed by atoms with Gasteiger partial charge in [0.2, 0.25) is 0 Å². The Morgan fingerprint density at radius 2 is 2.00 bits per heavy atom. The average molecular weight is 278 g/mol. The van der Waals surface area contributed by atoms with Crippen LogP contribution in [0.5, 0.6) is 5.75 Å². The van der Waals surface area contributed by atoms with Crippen LogP contribution >= 0.6 is 0 Å². The lowest BCUT2D eigenvalue weighted by molar-refractivity contribution is 0.402. The van der Waals surface area contributed by atoms with E-state index in [1.807, 2.05) is 6.07 Å². The molecule has 0 aliphatic heterocycles. The molecule has 0 bridgehead atoms. The van der Waals surface area contributed by atoms with E-state index in [1.165, 1.54) is 30.5 Å². The molecule has 0 amide bonds. The fourth-order valence-electron chi connectivity index (χ4n) is 2.61. The Kier molecular flexibility index (Phi) is 7.45. The first-order valence-corrected chi connectivity index (χ1v) is 7.77. The Hall–Kier alpha value is -1.22. The summed E-state index contributed by atoms with van der Waals surface area (Å²) >= 11 is 0. The number of benzene rings is 1. The molecule has 0 spiro atoms. The number of methoxy groups -OCH3 is 1. The summed E-state index contributed by atoms with van der Waals surface area (Å²) in [4.78, 5) is 2.35. The fourth-order valence-corrected chi connectivity index (χ4v) is 2.61. The third kappa shape index (κ3) is 4.41. The van der Waals surface area contributed by atoms with E-state index in [2.05, 4.69) is 50.2 Å². The quantitative estimate of drug-likeness (QED) is 0.691. The minimum absolute atomic E-state index is 0.291. The number of nitrogens with one attached hydrogen (secondary N) is 1. The first-order chi connectivity index (χ1) is 9.65. The Morgan fingerprint density at radius 1 is 1.25 bits per heavy atom. The second-order valence-electron chi connectivity index (χ2n) is 5.30. The fraction of sp³-hybridized carbons (Fsp3) is 0.647. The molecule has 1 aromatic carbocycles. The van der Waals surface area contributed by atoms with Crippen LogP contribution in [0.3, 0.4) is 0 Å². The van der Waals surface area contributed by atoms with Gasteiger partial charge in [-0.1, -0.05) is 32.8 Å². The summed E-state index contributed by atoms with van der Waals surface area (Å²) in [6.45, 7) is 8.62. The molecule has 1 aromatic rings. The largest absolute Gasteiger partial charge is 0.496 e. The molecule has 0 aromatic heterocycles. The minimum atomic E-state index is 0.291. The van der Waals surface area contributed by atoms with Crippen molar-refractivity contribution in [2.24, 2.45) is 0 Å². The van der Waals surface area contributed by atoms with Gasteiger partial charge in [0.25, 0.3) is 0 Å². The SMILES string of the molecule is CCCCCN(C)c1cccc(OC)c1C(C)NCC. The van der Waals surface area contributed by atoms with Crippen LogP contribution in [0.15, 0.2) is 18.2 Å². The van der Waals surface area contributed by atoms with E-state index >= 15 is 0 Å². The zero-order valence-electron chi connectivity index (χ0n) is 13.7. The minimum Gasteiger partial charge on any atom is -0.496 e. The van der Waals surface area contributed by atoms with Crippen LogP contribution in [-0.4, -0.2) is 27.2 Å². The molecule has 3 heteroatoms. The van der Waals surface area contributed by atoms with Crippen molar-refractivity contribution in [1.82, 2.24) is 5.32 Å². The Bertz CT molecular complexity index is 393. The van der Waals surface area contributed by atoms with Crippen molar-refractivity contribution in [2.75, 3.05) is 32.1 Å². The lowest BCUT2D eigenvalue weighted by Crippen LogP contribution is -2.24. The topological polar surface area (TPSA) is 24.5 Å². The first-order valence-electron chi connectivity index (χ1n) is 7.77. The molecule has 0 aliphatic carbocycles. The molecule has 1 atom stereocenters. The Balaban J connectivity index is 2.98. The maximum Gasteiger partial charge on any atom is 0.125 e. The average Bonchev–Trinajstić information content (AvgIpc) is 2.46. The van der Waals surface area contributed by atoms with E-state index in [0.717, 1.165) is 18.8 Å². The van der Waals surface area contributed by atoms with Gasteiger partial charge in [-0.2, -0.15) is 0 Å². The van der Waals surface area contributed by atoms with Gasteiger partial charge in [0.1, 0.15) is 5.75 Å². The van der Waals surface area contributed by atoms with Gasteiger partial charge in [0.15, 0.2) is 0 Å². The maximum absolute atomic E-state index is 5.56. The maximum atomic E-state index is 5.56. The summed E-state index contributed by atoms with van der Waals surface area (Å²) < 4.78 is 5.56. The summed E-state index contributed by atoms with van der Waals surface area (Å²) in [7, 11) is 3.92. The van der Waals surface area contributed by atoms with Crippen molar-refractivity contribution in [3.63, 3.8) is 0 Å². The van der Waals surface area contributed by atoms with Crippen molar-refractivity contribution in [3.05, 3.63) is 23.8 Å². The van der Waals surface area contributed by atoms with Crippen molar-refractivity contribution in [2.45, 2.75) is 46.1 Å². The smallest absolute Gasteiger partial charge is 0.125 e. The summed E-state index contributed by atoms with van der Waals surface area (Å²) in [5.74, 6) is 0.971. The molecule has 1 N–H and O–H groups in total. The van der Waals surface area contributed by atoms with Gasteiger partial charge < -0.3 is 15.0 Å². The van der Waals surface area contributed by atoms with Gasteiger partial charge >= 0.3 is 0 Å². The standard InChI is InChI=1S/C17H30N2O/c1-6-8-9-13-19(4)15-11-10-12-16(20-5)17(15)14(3)18-7-2/h10-12,14,18H,6-9,13H2,1-5H3. The molecule has 0 saturated heterocycles. The number of nitrogens with zero attached hydrogens (tertiary/aromatic N) is 1. The highest BCUT2D eigenvalue weighted by Crippen LogP contribution is 2.34. The van der Waals surface area contributed by atoms with E-state index in [1.54, 1.807) is 7.11 Å². The van der Waals surface area contributed by atoms with Gasteiger partial charge in [-0.15, -0.1) is 0 Å². The van der Waals surface area contributed by atoms with Gasteiger partial charge in [-0.25, -0.2) is 0 Å². The molecule has 1 unspecified atom stereocenters. The Morgan fingerprint density at radius 3 is 2.60 bits per heavy atom. The molecule has 0 aliphatic rings. The predicted molar refractivity (Wildman–Crippen MR) is 87.9 cm³/mol. The van der Waals surface area contributed by atoms with Crippen LogP contribution in [0, 0.1) is 0 Å². The summed E-state index contributed by atoms with van der Waals surface area (Å²) in [6, 6.07) is 6.61. The summed E-state index contributed by atoms with van der Waals surface area (Å²) in [5, 5.41) is 3.49. The molecule has 0 fully saturated rings. The van der Waals surface area contributed by atoms with Crippen LogP contribution < -0.4 is 15.0 Å². The number of rotatable bonds is 9. The van der Waals surface area contributed by atoms with Gasteiger partial charge in [-0.05, 0) is 32.0 Å². The lowest BCUT2D eigenvalue weighted by Gasteiger charge is -2.27. The first kappa shape index (κ1) is 16.8. The van der Waals surface area contributed by atoms with Gasteiger partial charge in [0.05, 0.1) is 7.11 Å². The van der Waals surface area contributed by atoms with E-state index in [4.69, 9.17) is 4.74 Å². The molecular weight excluding hydrogens is 248 g/mol. The third-order valence-electron chi connectivity index (χ3n) is 3.71. The van der Waals surface area contributed by atoms with E-state index in [0.29, 0.717) is 6.04 Å². The molecule has 3 nitrogen and oxygen atoms in total. The second kappa shape index (κ2) is 8.85. The predicted octanol–water partition coefficient (Wildman–Crippen LogP) is 3.99. The number of hydrogen-bond acceptors (Lipinski definition) is 3. The Labute approximate surface area is 124 Å². The third-order valence-corrected chi connectivity index (χ3v) is 3.71. The highest BCUT2D eigenvalue weighted by molar-refractivity contribution is 5.60. The second-order valence-corrected chi connectivity index (χ2v) is 5.30. The van der Waals surface area contributed by atoms with Crippen molar-refractivity contribution in [3.8, 4) is 5.75 Å². The zero-order valence-corrected chi connectivity index (χ0v) is 13.7. The summed E-state index contributed by atoms with van der Waals surface area (Å²) in [6.07, 6.45) is 3.78. The van der Waals surface area contributed by atoms with Crippen LogP contribution in [0.4, 0.5) is 5.69 Å². The molecule has 1 rings (SSSR count). The highest BCUT2D eigenvalue weighted by atomic mass is 16.5. The van der Waals surface area contributed by atoms with Crippen LogP contribution in [0.25, 0.3) is 0 Å². The molecular formula is C17H30N2O. The molecule has 114 valence electrons. The number of anilines is 1. The number of unbranched alkanes of at least 4 members (excludes halogenated alkanes) is 2. The monoisotopic (exact) mass is 278 g/mol. The molecule has 0 saturated carbocycles. The lowest BCUT2D eigenvalue weighted by atomic mass is 10.0. The normalized spacial score (nSPS) is 12.2. The van der Waals surface area contributed by atoms with E-state index in [9.17, 15) is 0 Å². The van der Waals surface area contributed by atoms with Crippen LogP contribution in [0.2, 0.25) is 0 Å². The molecule has 0 heterocycles. The van der Waals surface area contributed by atoms with Gasteiger partial charge in [0, 0.05) is 30.9 Å². The zero-order chi connectivity index (χ0) is 15.0.